The number of para-hydroxylation sites is 1. The number of halogens is 1. The number of hydrogen-bond donors (Lipinski definition) is 2. The molecule has 192 valence electrons. The molecule has 0 saturated heterocycles. The lowest BCUT2D eigenvalue weighted by Gasteiger charge is -2.33. The molecule has 37 heavy (non-hydrogen) atoms. The van der Waals surface area contributed by atoms with Gasteiger partial charge < -0.3 is 15.2 Å². The highest BCUT2D eigenvalue weighted by Gasteiger charge is 2.32. The zero-order chi connectivity index (χ0) is 25.3. The van der Waals surface area contributed by atoms with Gasteiger partial charge in [0.1, 0.15) is 11.9 Å². The highest BCUT2D eigenvalue weighted by molar-refractivity contribution is 5.86. The molecule has 1 aliphatic heterocycles. The number of rotatable bonds is 7. The first-order valence-electron chi connectivity index (χ1n) is 12.6. The molecule has 0 spiro atoms. The monoisotopic (exact) mass is 515 g/mol. The van der Waals surface area contributed by atoms with Crippen molar-refractivity contribution in [3.05, 3.63) is 113 Å². The van der Waals surface area contributed by atoms with E-state index in [2.05, 4.69) is 79.0 Å². The molecule has 0 fully saturated rings. The lowest BCUT2D eigenvalue weighted by molar-refractivity contribution is -0.142. The smallest absolute Gasteiger partial charge is 0.313 e. The SMILES string of the molecule is CC(NC[C@H]1C[C@@H](c2ccc(C(C)(C)C(=O)O)cc2)c2ccccc2O1)c1cccc2ccccc12.Cl. The van der Waals surface area contributed by atoms with Crippen LogP contribution in [0, 0.1) is 0 Å². The van der Waals surface area contributed by atoms with Gasteiger partial charge in [-0.3, -0.25) is 4.79 Å². The maximum Gasteiger partial charge on any atom is 0.313 e. The van der Waals surface area contributed by atoms with Crippen LogP contribution in [0.5, 0.6) is 5.75 Å². The van der Waals surface area contributed by atoms with Crippen molar-refractivity contribution in [2.24, 2.45) is 0 Å². The number of nitrogens with one attached hydrogen (secondary N) is 1. The fourth-order valence-corrected chi connectivity index (χ4v) is 5.24. The largest absolute Gasteiger partial charge is 0.489 e. The third-order valence-corrected chi connectivity index (χ3v) is 7.60. The number of aliphatic carboxylic acids is 1. The summed E-state index contributed by atoms with van der Waals surface area (Å²) in [6.45, 7) is 6.43. The Balaban J connectivity index is 0.00000320. The lowest BCUT2D eigenvalue weighted by atomic mass is 9.80. The molecule has 2 N–H and O–H groups in total. The second kappa shape index (κ2) is 11.0. The standard InChI is InChI=1S/C32H33NO3.ClH/c1-21(26-13-8-10-22-9-4-5-11-27(22)26)33-20-25-19-29(28-12-6-7-14-30(28)36-25)23-15-17-24(18-16-23)32(2,3)31(34)35;/h4-18,21,25,29,33H,19-20H2,1-3H3,(H,34,35);1H/t21?,25-,29+;/m1./s1. The molecule has 4 aromatic carbocycles. The van der Waals surface area contributed by atoms with Gasteiger partial charge in [-0.2, -0.15) is 0 Å². The first-order chi connectivity index (χ1) is 17.3. The van der Waals surface area contributed by atoms with Crippen LogP contribution in [0.3, 0.4) is 0 Å². The van der Waals surface area contributed by atoms with Crippen molar-refractivity contribution in [1.82, 2.24) is 5.32 Å². The number of carbonyl (C=O) groups is 1. The Morgan fingerprint density at radius 2 is 1.65 bits per heavy atom. The maximum absolute atomic E-state index is 11.7. The molecular weight excluding hydrogens is 482 g/mol. The summed E-state index contributed by atoms with van der Waals surface area (Å²) in [5.41, 5.74) is 3.54. The van der Waals surface area contributed by atoms with Crippen LogP contribution in [-0.2, 0) is 10.2 Å². The molecule has 0 amide bonds. The van der Waals surface area contributed by atoms with Gasteiger partial charge in [-0.15, -0.1) is 12.4 Å². The molecule has 4 aromatic rings. The van der Waals surface area contributed by atoms with E-state index >= 15 is 0 Å². The molecule has 4 nitrogen and oxygen atoms in total. The van der Waals surface area contributed by atoms with Crippen molar-refractivity contribution in [3.8, 4) is 5.75 Å². The molecule has 3 atom stereocenters. The number of fused-ring (bicyclic) bond motifs is 2. The maximum atomic E-state index is 11.7. The van der Waals surface area contributed by atoms with E-state index < -0.39 is 11.4 Å². The molecular formula is C32H34ClNO3. The van der Waals surface area contributed by atoms with Crippen LogP contribution in [0.4, 0.5) is 0 Å². The summed E-state index contributed by atoms with van der Waals surface area (Å²) < 4.78 is 6.43. The average molecular weight is 516 g/mol. The van der Waals surface area contributed by atoms with E-state index in [9.17, 15) is 9.90 Å². The minimum Gasteiger partial charge on any atom is -0.489 e. The Kier molecular flexibility index (Phi) is 7.91. The third-order valence-electron chi connectivity index (χ3n) is 7.60. The van der Waals surface area contributed by atoms with Crippen molar-refractivity contribution in [2.45, 2.75) is 50.7 Å². The van der Waals surface area contributed by atoms with E-state index in [4.69, 9.17) is 4.74 Å². The normalized spacial score (nSPS) is 17.8. The highest BCUT2D eigenvalue weighted by Crippen LogP contribution is 2.41. The zero-order valence-electron chi connectivity index (χ0n) is 21.5. The molecule has 1 heterocycles. The van der Waals surface area contributed by atoms with Crippen molar-refractivity contribution < 1.29 is 14.6 Å². The minimum atomic E-state index is -0.920. The number of carboxylic acid groups (broad SMARTS) is 1. The second-order valence-electron chi connectivity index (χ2n) is 10.3. The summed E-state index contributed by atoms with van der Waals surface area (Å²) >= 11 is 0. The molecule has 5 rings (SSSR count). The van der Waals surface area contributed by atoms with Gasteiger partial charge in [0.05, 0.1) is 5.41 Å². The first-order valence-corrected chi connectivity index (χ1v) is 12.6. The molecule has 0 aromatic heterocycles. The van der Waals surface area contributed by atoms with Crippen LogP contribution in [0.15, 0.2) is 91.0 Å². The summed E-state index contributed by atoms with van der Waals surface area (Å²) in [5, 5.41) is 15.8. The predicted molar refractivity (Wildman–Crippen MR) is 152 cm³/mol. The van der Waals surface area contributed by atoms with Crippen LogP contribution >= 0.6 is 12.4 Å². The molecule has 1 unspecified atom stereocenters. The Morgan fingerprint density at radius 1 is 0.973 bits per heavy atom. The Hall–Kier alpha value is -3.34. The van der Waals surface area contributed by atoms with E-state index in [-0.39, 0.29) is 30.5 Å². The summed E-state index contributed by atoms with van der Waals surface area (Å²) in [6.07, 6.45) is 0.881. The Morgan fingerprint density at radius 3 is 2.41 bits per heavy atom. The van der Waals surface area contributed by atoms with Gasteiger partial charge >= 0.3 is 5.97 Å². The first kappa shape index (κ1) is 26.7. The highest BCUT2D eigenvalue weighted by atomic mass is 35.5. The molecule has 0 radical (unpaired) electrons. The summed E-state index contributed by atoms with van der Waals surface area (Å²) in [6, 6.07) is 31.5. The van der Waals surface area contributed by atoms with Gasteiger partial charge in [0.2, 0.25) is 0 Å². The zero-order valence-corrected chi connectivity index (χ0v) is 22.3. The summed E-state index contributed by atoms with van der Waals surface area (Å²) in [4.78, 5) is 11.7. The van der Waals surface area contributed by atoms with Gasteiger partial charge in [-0.05, 0) is 60.7 Å². The van der Waals surface area contributed by atoms with Crippen molar-refractivity contribution in [1.29, 1.82) is 0 Å². The fourth-order valence-electron chi connectivity index (χ4n) is 5.24. The topological polar surface area (TPSA) is 58.6 Å². The van der Waals surface area contributed by atoms with Gasteiger partial charge in [0.25, 0.3) is 0 Å². The van der Waals surface area contributed by atoms with Crippen molar-refractivity contribution in [3.63, 3.8) is 0 Å². The number of hydrogen-bond acceptors (Lipinski definition) is 3. The number of carboxylic acids is 1. The van der Waals surface area contributed by atoms with Crippen molar-refractivity contribution in [2.75, 3.05) is 6.54 Å². The van der Waals surface area contributed by atoms with Gasteiger partial charge in [0, 0.05) is 24.1 Å². The van der Waals surface area contributed by atoms with E-state index in [0.717, 1.165) is 24.3 Å². The van der Waals surface area contributed by atoms with Crippen LogP contribution in [-0.4, -0.2) is 23.7 Å². The molecule has 0 aliphatic carbocycles. The van der Waals surface area contributed by atoms with Gasteiger partial charge in [-0.1, -0.05) is 84.9 Å². The Labute approximate surface area is 225 Å². The summed E-state index contributed by atoms with van der Waals surface area (Å²) in [7, 11) is 0. The van der Waals surface area contributed by atoms with Crippen molar-refractivity contribution >= 4 is 29.1 Å². The molecule has 1 aliphatic rings. The van der Waals surface area contributed by atoms with Crippen LogP contribution in [0.1, 0.15) is 61.4 Å². The second-order valence-corrected chi connectivity index (χ2v) is 10.3. The van der Waals surface area contributed by atoms with Crippen LogP contribution < -0.4 is 10.1 Å². The molecule has 5 heteroatoms. The lowest BCUT2D eigenvalue weighted by Crippen LogP contribution is -2.37. The summed E-state index contributed by atoms with van der Waals surface area (Å²) in [5.74, 6) is 0.294. The van der Waals surface area contributed by atoms with Crippen LogP contribution in [0.2, 0.25) is 0 Å². The fraction of sp³-hybridized carbons (Fsp3) is 0.281. The van der Waals surface area contributed by atoms with Gasteiger partial charge in [-0.25, -0.2) is 0 Å². The Bertz CT molecular complexity index is 1380. The number of benzene rings is 4. The molecule has 0 bridgehead atoms. The van der Waals surface area contributed by atoms with E-state index in [1.54, 1.807) is 13.8 Å². The predicted octanol–water partition coefficient (Wildman–Crippen LogP) is 7.26. The van der Waals surface area contributed by atoms with Gasteiger partial charge in [0.15, 0.2) is 0 Å². The van der Waals surface area contributed by atoms with E-state index in [0.29, 0.717) is 0 Å². The number of ether oxygens (including phenoxy) is 1. The van der Waals surface area contributed by atoms with Crippen LogP contribution in [0.25, 0.3) is 10.8 Å². The quantitative estimate of drug-likeness (QED) is 0.272. The molecule has 0 saturated carbocycles. The third kappa shape index (κ3) is 5.36. The van der Waals surface area contributed by atoms with E-state index in [1.165, 1.54) is 27.5 Å². The van der Waals surface area contributed by atoms with E-state index in [1.807, 2.05) is 24.3 Å². The minimum absolute atomic E-state index is 0. The average Bonchev–Trinajstić information content (AvgIpc) is 2.91.